The molecule has 2 N–H and O–H groups in total. The van der Waals surface area contributed by atoms with E-state index >= 15 is 0 Å². The second-order valence-corrected chi connectivity index (χ2v) is 5.83. The number of piperidine rings is 1. The number of urea groups is 1. The molecule has 0 bridgehead atoms. The van der Waals surface area contributed by atoms with Gasteiger partial charge in [0.1, 0.15) is 0 Å². The number of hydrogen-bond donors (Lipinski definition) is 2. The van der Waals surface area contributed by atoms with E-state index in [1.807, 2.05) is 12.1 Å². The predicted molar refractivity (Wildman–Crippen MR) is 93.4 cm³/mol. The van der Waals surface area contributed by atoms with Crippen LogP contribution in [0.1, 0.15) is 18.4 Å². The van der Waals surface area contributed by atoms with Crippen LogP contribution in [-0.4, -0.2) is 47.2 Å². The highest BCUT2D eigenvalue weighted by Gasteiger charge is 2.22. The van der Waals surface area contributed by atoms with E-state index in [9.17, 15) is 4.79 Å². The molecule has 132 valence electrons. The summed E-state index contributed by atoms with van der Waals surface area (Å²) in [5, 5.41) is 5.87. The van der Waals surface area contributed by atoms with Crippen LogP contribution in [0.25, 0.3) is 0 Å². The molecule has 0 aliphatic carbocycles. The lowest BCUT2D eigenvalue weighted by Crippen LogP contribution is -2.50. The topological polar surface area (TPSA) is 92.3 Å². The van der Waals surface area contributed by atoms with Crippen molar-refractivity contribution in [2.24, 2.45) is 0 Å². The van der Waals surface area contributed by atoms with Crippen molar-refractivity contribution in [1.82, 2.24) is 25.6 Å². The van der Waals surface area contributed by atoms with Crippen LogP contribution in [0, 0.1) is 0 Å². The molecule has 8 nitrogen and oxygen atoms in total. The van der Waals surface area contributed by atoms with Gasteiger partial charge in [-0.25, -0.2) is 19.7 Å². The fourth-order valence-corrected chi connectivity index (χ4v) is 2.89. The van der Waals surface area contributed by atoms with Gasteiger partial charge in [-0.2, -0.15) is 0 Å². The zero-order valence-electron chi connectivity index (χ0n) is 14.2. The van der Waals surface area contributed by atoms with Crippen LogP contribution in [0.15, 0.2) is 36.8 Å². The van der Waals surface area contributed by atoms with Crippen molar-refractivity contribution in [2.75, 3.05) is 25.1 Å². The molecule has 0 unspecified atom stereocenters. The second kappa shape index (κ2) is 8.27. The zero-order valence-corrected chi connectivity index (χ0v) is 14.2. The first-order valence-corrected chi connectivity index (χ1v) is 8.30. The van der Waals surface area contributed by atoms with Gasteiger partial charge in [0.2, 0.25) is 11.8 Å². The van der Waals surface area contributed by atoms with Crippen molar-refractivity contribution in [3.63, 3.8) is 0 Å². The first kappa shape index (κ1) is 16.9. The quantitative estimate of drug-likeness (QED) is 0.852. The van der Waals surface area contributed by atoms with E-state index in [1.165, 1.54) is 0 Å². The van der Waals surface area contributed by atoms with E-state index in [4.69, 9.17) is 4.74 Å². The fourth-order valence-electron chi connectivity index (χ4n) is 2.89. The summed E-state index contributed by atoms with van der Waals surface area (Å²) in [5.74, 6) is 1.22. The first-order valence-electron chi connectivity index (χ1n) is 8.30. The monoisotopic (exact) mass is 342 g/mol. The Labute approximate surface area is 146 Å². The Morgan fingerprint density at radius 1 is 1.28 bits per heavy atom. The molecular weight excluding hydrogens is 320 g/mol. The predicted octanol–water partition coefficient (Wildman–Crippen LogP) is 1.35. The molecule has 1 saturated heterocycles. The smallest absolute Gasteiger partial charge is 0.315 e. The molecule has 1 aliphatic heterocycles. The van der Waals surface area contributed by atoms with E-state index in [2.05, 4.69) is 30.5 Å². The first-order chi connectivity index (χ1) is 12.3. The van der Waals surface area contributed by atoms with E-state index < -0.39 is 0 Å². The zero-order chi connectivity index (χ0) is 17.5. The molecule has 0 saturated carbocycles. The number of nitrogens with zero attached hydrogens (tertiary/aromatic N) is 4. The summed E-state index contributed by atoms with van der Waals surface area (Å²) in [5.41, 5.74) is 0.836. The minimum Gasteiger partial charge on any atom is -0.481 e. The fraction of sp³-hybridized carbons (Fsp3) is 0.412. The summed E-state index contributed by atoms with van der Waals surface area (Å²) in [6.45, 7) is 1.96. The number of anilines is 1. The maximum atomic E-state index is 12.2. The van der Waals surface area contributed by atoms with Gasteiger partial charge >= 0.3 is 6.03 Å². The molecule has 2 aromatic rings. The van der Waals surface area contributed by atoms with Gasteiger partial charge in [0, 0.05) is 49.8 Å². The van der Waals surface area contributed by atoms with Crippen LogP contribution in [0.2, 0.25) is 0 Å². The summed E-state index contributed by atoms with van der Waals surface area (Å²) in [6, 6.07) is 5.35. The minimum absolute atomic E-state index is 0.0633. The van der Waals surface area contributed by atoms with E-state index in [0.29, 0.717) is 24.9 Å². The molecule has 2 amide bonds. The average molecular weight is 342 g/mol. The molecule has 3 rings (SSSR count). The standard InChI is InChI=1S/C17H22N6O2/c1-25-15-13(5-2-7-18-15)11-21-17(24)22-14-6-3-10-23(12-14)16-19-8-4-9-20-16/h2,4-5,7-9,14H,3,6,10-12H2,1H3,(H2,21,22,24)/t14-/m0/s1. The Balaban J connectivity index is 1.51. The summed E-state index contributed by atoms with van der Waals surface area (Å²) in [7, 11) is 1.56. The van der Waals surface area contributed by atoms with Crippen LogP contribution in [-0.2, 0) is 6.54 Å². The molecule has 3 heterocycles. The lowest BCUT2D eigenvalue weighted by atomic mass is 10.1. The van der Waals surface area contributed by atoms with Crippen LogP contribution in [0.3, 0.4) is 0 Å². The molecule has 0 aromatic carbocycles. The van der Waals surface area contributed by atoms with Crippen molar-refractivity contribution in [3.8, 4) is 5.88 Å². The Morgan fingerprint density at radius 2 is 2.08 bits per heavy atom. The van der Waals surface area contributed by atoms with Crippen molar-refractivity contribution < 1.29 is 9.53 Å². The van der Waals surface area contributed by atoms with Crippen molar-refractivity contribution in [3.05, 3.63) is 42.4 Å². The Hall–Kier alpha value is -2.90. The van der Waals surface area contributed by atoms with Gasteiger partial charge in [0.25, 0.3) is 0 Å². The molecule has 1 aliphatic rings. The summed E-state index contributed by atoms with van der Waals surface area (Å²) in [6.07, 6.45) is 7.04. The molecule has 1 atom stereocenters. The number of amides is 2. The average Bonchev–Trinajstić information content (AvgIpc) is 2.67. The SMILES string of the molecule is COc1ncccc1CNC(=O)N[C@H]1CCCN(c2ncccn2)C1. The van der Waals surface area contributed by atoms with E-state index in [1.54, 1.807) is 31.8 Å². The van der Waals surface area contributed by atoms with Gasteiger partial charge in [-0.15, -0.1) is 0 Å². The molecular formula is C17H22N6O2. The number of carbonyl (C=O) groups excluding carboxylic acids is 1. The van der Waals surface area contributed by atoms with Crippen LogP contribution in [0.4, 0.5) is 10.7 Å². The molecule has 1 fully saturated rings. The van der Waals surface area contributed by atoms with Gasteiger partial charge in [-0.1, -0.05) is 6.07 Å². The highest BCUT2D eigenvalue weighted by Crippen LogP contribution is 2.15. The van der Waals surface area contributed by atoms with Crippen LogP contribution in [0.5, 0.6) is 5.88 Å². The Kier molecular flexibility index (Phi) is 5.61. The number of ether oxygens (including phenoxy) is 1. The number of carbonyl (C=O) groups is 1. The number of aromatic nitrogens is 3. The number of pyridine rings is 1. The maximum Gasteiger partial charge on any atom is 0.315 e. The molecule has 8 heteroatoms. The van der Waals surface area contributed by atoms with Gasteiger partial charge < -0.3 is 20.3 Å². The maximum absolute atomic E-state index is 12.2. The van der Waals surface area contributed by atoms with Crippen molar-refractivity contribution in [2.45, 2.75) is 25.4 Å². The van der Waals surface area contributed by atoms with Crippen molar-refractivity contribution in [1.29, 1.82) is 0 Å². The molecule has 25 heavy (non-hydrogen) atoms. The lowest BCUT2D eigenvalue weighted by molar-refractivity contribution is 0.234. The van der Waals surface area contributed by atoms with Crippen LogP contribution >= 0.6 is 0 Å². The summed E-state index contributed by atoms with van der Waals surface area (Å²) >= 11 is 0. The van der Waals surface area contributed by atoms with Crippen LogP contribution < -0.4 is 20.3 Å². The van der Waals surface area contributed by atoms with Gasteiger partial charge in [-0.05, 0) is 25.0 Å². The summed E-state index contributed by atoms with van der Waals surface area (Å²) in [4.78, 5) is 27.0. The van der Waals surface area contributed by atoms with Gasteiger partial charge in [-0.3, -0.25) is 0 Å². The third kappa shape index (κ3) is 4.56. The number of nitrogens with one attached hydrogen (secondary N) is 2. The molecule has 0 radical (unpaired) electrons. The summed E-state index contributed by atoms with van der Waals surface area (Å²) < 4.78 is 5.19. The Bertz CT molecular complexity index is 697. The molecule has 0 spiro atoms. The Morgan fingerprint density at radius 3 is 2.88 bits per heavy atom. The third-order valence-electron chi connectivity index (χ3n) is 4.07. The van der Waals surface area contributed by atoms with E-state index in [0.717, 1.165) is 24.9 Å². The number of rotatable bonds is 5. The highest BCUT2D eigenvalue weighted by atomic mass is 16.5. The van der Waals surface area contributed by atoms with Gasteiger partial charge in [0.05, 0.1) is 7.11 Å². The number of methoxy groups -OCH3 is 1. The van der Waals surface area contributed by atoms with Gasteiger partial charge in [0.15, 0.2) is 0 Å². The third-order valence-corrected chi connectivity index (χ3v) is 4.07. The normalized spacial score (nSPS) is 17.0. The second-order valence-electron chi connectivity index (χ2n) is 5.83. The lowest BCUT2D eigenvalue weighted by Gasteiger charge is -2.33. The highest BCUT2D eigenvalue weighted by molar-refractivity contribution is 5.74. The van der Waals surface area contributed by atoms with Crippen molar-refractivity contribution >= 4 is 12.0 Å². The largest absolute Gasteiger partial charge is 0.481 e. The number of hydrogen-bond acceptors (Lipinski definition) is 6. The van der Waals surface area contributed by atoms with E-state index in [-0.39, 0.29) is 12.1 Å². The minimum atomic E-state index is -0.202. The molecule has 2 aromatic heterocycles.